The number of piperidine rings is 1. The maximum atomic E-state index is 12.4. The fourth-order valence-electron chi connectivity index (χ4n) is 3.67. The Labute approximate surface area is 129 Å². The maximum Gasteiger partial charge on any atom is 0.237 e. The van der Waals surface area contributed by atoms with E-state index in [1.165, 1.54) is 32.2 Å². The van der Waals surface area contributed by atoms with E-state index >= 15 is 0 Å². The molecule has 1 amide bonds. The van der Waals surface area contributed by atoms with Crippen molar-refractivity contribution >= 4 is 5.91 Å². The zero-order valence-electron chi connectivity index (χ0n) is 13.7. The van der Waals surface area contributed by atoms with Crippen molar-refractivity contribution in [3.05, 3.63) is 12.2 Å². The van der Waals surface area contributed by atoms with Gasteiger partial charge in [0.05, 0.1) is 6.54 Å². The highest BCUT2D eigenvalue weighted by molar-refractivity contribution is 5.78. The number of carbonyl (C=O) groups excluding carboxylic acids is 1. The van der Waals surface area contributed by atoms with E-state index in [1.54, 1.807) is 0 Å². The number of likely N-dealkylation sites (N-methyl/N-ethyl adjacent to an activating group) is 1. The lowest BCUT2D eigenvalue weighted by molar-refractivity contribution is -0.132. The number of nitrogens with zero attached hydrogens (tertiary/aromatic N) is 2. The molecule has 2 heterocycles. The first-order chi connectivity index (χ1) is 10.1. The number of hydrogen-bond donors (Lipinski definition) is 1. The monoisotopic (exact) mass is 293 g/mol. The molecule has 2 saturated heterocycles. The van der Waals surface area contributed by atoms with Crippen LogP contribution in [0.4, 0.5) is 0 Å². The molecule has 0 radical (unpaired) electrons. The molecule has 2 aliphatic heterocycles. The molecule has 2 unspecified atom stereocenters. The van der Waals surface area contributed by atoms with Crippen molar-refractivity contribution in [3.8, 4) is 0 Å². The van der Waals surface area contributed by atoms with E-state index in [1.807, 2.05) is 18.7 Å². The summed E-state index contributed by atoms with van der Waals surface area (Å²) in [7, 11) is 0. The Kier molecular flexibility index (Phi) is 6.24. The summed E-state index contributed by atoms with van der Waals surface area (Å²) in [6, 6.07) is 0.681. The first kappa shape index (κ1) is 16.5. The predicted octanol–water partition coefficient (Wildman–Crippen LogP) is 1.88. The van der Waals surface area contributed by atoms with E-state index in [0.717, 1.165) is 31.1 Å². The summed E-state index contributed by atoms with van der Waals surface area (Å²) in [6.45, 7) is 13.3. The zero-order chi connectivity index (χ0) is 15.2. The summed E-state index contributed by atoms with van der Waals surface area (Å²) in [6.07, 6.45) is 5.15. The van der Waals surface area contributed by atoms with Crippen molar-refractivity contribution in [2.75, 3.05) is 39.3 Å². The minimum Gasteiger partial charge on any atom is -0.338 e. The summed E-state index contributed by atoms with van der Waals surface area (Å²) < 4.78 is 0. The van der Waals surface area contributed by atoms with E-state index in [2.05, 4.69) is 16.8 Å². The molecule has 1 N–H and O–H groups in total. The van der Waals surface area contributed by atoms with E-state index in [-0.39, 0.29) is 5.91 Å². The summed E-state index contributed by atoms with van der Waals surface area (Å²) in [5, 5.41) is 3.63. The molecule has 0 aromatic rings. The number of rotatable bonds is 6. The lowest BCUT2D eigenvalue weighted by Gasteiger charge is -2.36. The van der Waals surface area contributed by atoms with Gasteiger partial charge in [0.25, 0.3) is 0 Å². The van der Waals surface area contributed by atoms with Crippen molar-refractivity contribution in [1.82, 2.24) is 15.1 Å². The second kappa shape index (κ2) is 7.95. The van der Waals surface area contributed by atoms with E-state index in [9.17, 15) is 4.79 Å². The van der Waals surface area contributed by atoms with Gasteiger partial charge in [0, 0.05) is 25.7 Å². The highest BCUT2D eigenvalue weighted by Crippen LogP contribution is 2.24. The van der Waals surface area contributed by atoms with E-state index in [4.69, 9.17) is 0 Å². The minimum atomic E-state index is 0.250. The Hall–Kier alpha value is -0.870. The van der Waals surface area contributed by atoms with Crippen LogP contribution >= 0.6 is 0 Å². The topological polar surface area (TPSA) is 35.6 Å². The number of amides is 1. The molecular weight excluding hydrogens is 262 g/mol. The van der Waals surface area contributed by atoms with Gasteiger partial charge in [0.2, 0.25) is 5.91 Å². The van der Waals surface area contributed by atoms with Gasteiger partial charge >= 0.3 is 0 Å². The molecule has 0 aliphatic carbocycles. The molecule has 4 heteroatoms. The average Bonchev–Trinajstić information content (AvgIpc) is 2.99. The average molecular weight is 293 g/mol. The Balaban J connectivity index is 1.83. The quantitative estimate of drug-likeness (QED) is 0.760. The summed E-state index contributed by atoms with van der Waals surface area (Å²) in [5.41, 5.74) is 1.05. The van der Waals surface area contributed by atoms with Crippen LogP contribution < -0.4 is 5.32 Å². The third-order valence-corrected chi connectivity index (χ3v) is 4.76. The Morgan fingerprint density at radius 1 is 1.38 bits per heavy atom. The third kappa shape index (κ3) is 4.82. The summed E-state index contributed by atoms with van der Waals surface area (Å²) in [5.74, 6) is 0.978. The second-order valence-electron chi connectivity index (χ2n) is 6.71. The Morgan fingerprint density at radius 3 is 2.81 bits per heavy atom. The van der Waals surface area contributed by atoms with Gasteiger partial charge in [-0.15, -0.1) is 0 Å². The van der Waals surface area contributed by atoms with Gasteiger partial charge in [-0.1, -0.05) is 12.2 Å². The molecule has 2 aliphatic rings. The van der Waals surface area contributed by atoms with Crippen molar-refractivity contribution in [2.45, 2.75) is 45.6 Å². The van der Waals surface area contributed by atoms with Crippen molar-refractivity contribution in [3.63, 3.8) is 0 Å². The molecule has 0 aromatic carbocycles. The van der Waals surface area contributed by atoms with Crippen LogP contribution in [0.1, 0.15) is 39.5 Å². The highest BCUT2D eigenvalue weighted by atomic mass is 16.2. The van der Waals surface area contributed by atoms with Crippen LogP contribution in [0.5, 0.6) is 0 Å². The van der Waals surface area contributed by atoms with Gasteiger partial charge in [-0.2, -0.15) is 0 Å². The molecule has 4 nitrogen and oxygen atoms in total. The fourth-order valence-corrected chi connectivity index (χ4v) is 3.67. The minimum absolute atomic E-state index is 0.250. The lowest BCUT2D eigenvalue weighted by atomic mass is 9.90. The number of hydrogen-bond acceptors (Lipinski definition) is 3. The second-order valence-corrected chi connectivity index (χ2v) is 6.71. The van der Waals surface area contributed by atoms with Crippen molar-refractivity contribution in [1.29, 1.82) is 0 Å². The standard InChI is InChI=1S/C17H31N3O/c1-4-20(11-14(2)3)17(21)13-19-10-6-7-15(12-19)16-8-5-9-18-16/h15-16,18H,2,4-13H2,1,3H3. The van der Waals surface area contributed by atoms with Crippen LogP contribution in [0.15, 0.2) is 12.2 Å². The maximum absolute atomic E-state index is 12.4. The van der Waals surface area contributed by atoms with Gasteiger partial charge in [-0.3, -0.25) is 9.69 Å². The zero-order valence-corrected chi connectivity index (χ0v) is 13.7. The summed E-state index contributed by atoms with van der Waals surface area (Å²) in [4.78, 5) is 16.7. The van der Waals surface area contributed by atoms with Gasteiger partial charge in [0.15, 0.2) is 0 Å². The van der Waals surface area contributed by atoms with E-state index < -0.39 is 0 Å². The van der Waals surface area contributed by atoms with Crippen LogP contribution in [0, 0.1) is 5.92 Å². The molecule has 2 rings (SSSR count). The summed E-state index contributed by atoms with van der Waals surface area (Å²) >= 11 is 0. The number of carbonyl (C=O) groups is 1. The van der Waals surface area contributed by atoms with Crippen LogP contribution in [0.2, 0.25) is 0 Å². The predicted molar refractivity (Wildman–Crippen MR) is 87.3 cm³/mol. The van der Waals surface area contributed by atoms with Gasteiger partial charge in [-0.05, 0) is 58.5 Å². The molecule has 2 atom stereocenters. The molecule has 0 bridgehead atoms. The van der Waals surface area contributed by atoms with Crippen LogP contribution in [0.25, 0.3) is 0 Å². The van der Waals surface area contributed by atoms with Crippen LogP contribution in [0.3, 0.4) is 0 Å². The molecule has 0 aromatic heterocycles. The van der Waals surface area contributed by atoms with Crippen molar-refractivity contribution in [2.24, 2.45) is 5.92 Å². The van der Waals surface area contributed by atoms with Gasteiger partial charge in [0.1, 0.15) is 0 Å². The van der Waals surface area contributed by atoms with Gasteiger partial charge < -0.3 is 10.2 Å². The number of likely N-dealkylation sites (tertiary alicyclic amines) is 1. The normalized spacial score (nSPS) is 26.8. The van der Waals surface area contributed by atoms with Gasteiger partial charge in [-0.25, -0.2) is 0 Å². The number of nitrogens with one attached hydrogen (secondary N) is 1. The van der Waals surface area contributed by atoms with Crippen LogP contribution in [-0.2, 0) is 4.79 Å². The molecule has 0 saturated carbocycles. The lowest BCUT2D eigenvalue weighted by Crippen LogP contribution is -2.47. The first-order valence-corrected chi connectivity index (χ1v) is 8.48. The smallest absolute Gasteiger partial charge is 0.237 e. The Bertz CT molecular complexity index is 363. The first-order valence-electron chi connectivity index (χ1n) is 8.48. The highest BCUT2D eigenvalue weighted by Gasteiger charge is 2.30. The van der Waals surface area contributed by atoms with Crippen molar-refractivity contribution < 1.29 is 4.79 Å². The van der Waals surface area contributed by atoms with E-state index in [0.29, 0.717) is 19.1 Å². The van der Waals surface area contributed by atoms with Crippen LogP contribution in [-0.4, -0.2) is 61.0 Å². The third-order valence-electron chi connectivity index (χ3n) is 4.76. The molecule has 21 heavy (non-hydrogen) atoms. The molecule has 2 fully saturated rings. The molecule has 120 valence electrons. The molecular formula is C17H31N3O. The molecule has 0 spiro atoms. The fraction of sp³-hybridized carbons (Fsp3) is 0.824. The SMILES string of the molecule is C=C(C)CN(CC)C(=O)CN1CCCC(C2CCCN2)C1. The largest absolute Gasteiger partial charge is 0.338 e. The Morgan fingerprint density at radius 2 is 2.19 bits per heavy atom.